The Morgan fingerprint density at radius 3 is 2.48 bits per heavy atom. The smallest absolute Gasteiger partial charge is 0.255 e. The van der Waals surface area contributed by atoms with Crippen molar-refractivity contribution in [3.8, 4) is 0 Å². The zero-order chi connectivity index (χ0) is 16.4. The monoisotopic (exact) mass is 337 g/mol. The minimum Gasteiger partial charge on any atom is -0.373 e. The Balaban J connectivity index is 1.57. The van der Waals surface area contributed by atoms with Crippen molar-refractivity contribution in [1.82, 2.24) is 14.8 Å². The lowest BCUT2D eigenvalue weighted by Crippen LogP contribution is -2.53. The molecule has 6 heteroatoms. The van der Waals surface area contributed by atoms with Crippen LogP contribution < -0.4 is 0 Å². The molecule has 2 aliphatic rings. The van der Waals surface area contributed by atoms with Crippen molar-refractivity contribution in [3.05, 3.63) is 29.0 Å². The molecule has 0 N–H and O–H groups in total. The average Bonchev–Trinajstić information content (AvgIpc) is 2.53. The lowest BCUT2D eigenvalue weighted by atomic mass is 10.0. The molecule has 0 aromatic carbocycles. The van der Waals surface area contributed by atoms with Gasteiger partial charge >= 0.3 is 0 Å². The number of piperidine rings is 1. The molecule has 0 unspecified atom stereocenters. The minimum absolute atomic E-state index is 0.0298. The molecular formula is C17H24ClN3O2. The van der Waals surface area contributed by atoms with E-state index in [0.717, 1.165) is 39.0 Å². The zero-order valence-electron chi connectivity index (χ0n) is 13.7. The Kier molecular flexibility index (Phi) is 5.19. The van der Waals surface area contributed by atoms with E-state index in [1.807, 2.05) is 4.90 Å². The summed E-state index contributed by atoms with van der Waals surface area (Å²) in [6, 6.07) is 2.24. The SMILES string of the molecule is C[C@@H]1CN(C2CCN(C(=O)c3cncc(Cl)c3)CC2)C[C@H](C)O1. The van der Waals surface area contributed by atoms with Gasteiger partial charge in [-0.25, -0.2) is 0 Å². The van der Waals surface area contributed by atoms with Gasteiger partial charge in [0, 0.05) is 44.6 Å². The molecule has 1 amide bonds. The topological polar surface area (TPSA) is 45.7 Å². The van der Waals surface area contributed by atoms with Gasteiger partial charge in [0.05, 0.1) is 22.8 Å². The van der Waals surface area contributed by atoms with Crippen LogP contribution in [0.2, 0.25) is 5.02 Å². The highest BCUT2D eigenvalue weighted by atomic mass is 35.5. The molecule has 23 heavy (non-hydrogen) atoms. The number of nitrogens with zero attached hydrogens (tertiary/aromatic N) is 3. The molecule has 0 bridgehead atoms. The van der Waals surface area contributed by atoms with Crippen LogP contribution in [0.25, 0.3) is 0 Å². The summed E-state index contributed by atoms with van der Waals surface area (Å²) in [5.74, 6) is 0.0298. The molecule has 3 rings (SSSR count). The molecular weight excluding hydrogens is 314 g/mol. The summed E-state index contributed by atoms with van der Waals surface area (Å²) in [4.78, 5) is 21.0. The highest BCUT2D eigenvalue weighted by Gasteiger charge is 2.31. The molecule has 2 aliphatic heterocycles. The van der Waals surface area contributed by atoms with Crippen molar-refractivity contribution < 1.29 is 9.53 Å². The largest absolute Gasteiger partial charge is 0.373 e. The van der Waals surface area contributed by atoms with Crippen LogP contribution in [0.3, 0.4) is 0 Å². The van der Waals surface area contributed by atoms with Gasteiger partial charge in [-0.3, -0.25) is 14.7 Å². The highest BCUT2D eigenvalue weighted by Crippen LogP contribution is 2.22. The summed E-state index contributed by atoms with van der Waals surface area (Å²) in [6.45, 7) is 7.81. The molecule has 126 valence electrons. The fourth-order valence-electron chi connectivity index (χ4n) is 3.66. The number of aromatic nitrogens is 1. The first-order valence-electron chi connectivity index (χ1n) is 8.32. The molecule has 3 heterocycles. The van der Waals surface area contributed by atoms with Crippen LogP contribution in [-0.2, 0) is 4.74 Å². The molecule has 0 aliphatic carbocycles. The van der Waals surface area contributed by atoms with Gasteiger partial charge < -0.3 is 9.64 Å². The predicted molar refractivity (Wildman–Crippen MR) is 89.8 cm³/mol. The van der Waals surface area contributed by atoms with Gasteiger partial charge in [-0.05, 0) is 32.8 Å². The average molecular weight is 338 g/mol. The standard InChI is InChI=1S/C17H24ClN3O2/c1-12-10-21(11-13(2)23-12)16-3-5-20(6-4-16)17(22)14-7-15(18)9-19-8-14/h7-9,12-13,16H,3-6,10-11H2,1-2H3/t12-,13+. The van der Waals surface area contributed by atoms with Crippen LogP contribution in [0.4, 0.5) is 0 Å². The van der Waals surface area contributed by atoms with Crippen molar-refractivity contribution in [1.29, 1.82) is 0 Å². The fourth-order valence-corrected chi connectivity index (χ4v) is 3.84. The zero-order valence-corrected chi connectivity index (χ0v) is 14.5. The van der Waals surface area contributed by atoms with E-state index in [1.54, 1.807) is 18.5 Å². The van der Waals surface area contributed by atoms with E-state index < -0.39 is 0 Å². The summed E-state index contributed by atoms with van der Waals surface area (Å²) in [7, 11) is 0. The number of hydrogen-bond acceptors (Lipinski definition) is 4. The predicted octanol–water partition coefficient (Wildman–Crippen LogP) is 2.45. The Hall–Kier alpha value is -1.17. The summed E-state index contributed by atoms with van der Waals surface area (Å²) in [5, 5.41) is 0.502. The number of rotatable bonds is 2. The van der Waals surface area contributed by atoms with Crippen molar-refractivity contribution in [3.63, 3.8) is 0 Å². The quantitative estimate of drug-likeness (QED) is 0.831. The third-order valence-electron chi connectivity index (χ3n) is 4.67. The van der Waals surface area contributed by atoms with E-state index in [-0.39, 0.29) is 18.1 Å². The van der Waals surface area contributed by atoms with Crippen molar-refractivity contribution in [2.45, 2.75) is 44.9 Å². The molecule has 5 nitrogen and oxygen atoms in total. The van der Waals surface area contributed by atoms with Gasteiger partial charge in [0.25, 0.3) is 5.91 Å². The molecule has 2 saturated heterocycles. The summed E-state index contributed by atoms with van der Waals surface area (Å²) in [6.07, 6.45) is 5.74. The molecule has 2 atom stereocenters. The Bertz CT molecular complexity index is 551. The third-order valence-corrected chi connectivity index (χ3v) is 4.87. The Labute approximate surface area is 142 Å². The number of likely N-dealkylation sites (tertiary alicyclic amines) is 1. The van der Waals surface area contributed by atoms with Gasteiger partial charge in [0.2, 0.25) is 0 Å². The second-order valence-electron chi connectivity index (χ2n) is 6.63. The van der Waals surface area contributed by atoms with E-state index in [0.29, 0.717) is 16.6 Å². The van der Waals surface area contributed by atoms with E-state index in [4.69, 9.17) is 16.3 Å². The number of ether oxygens (including phenoxy) is 1. The van der Waals surface area contributed by atoms with Gasteiger partial charge in [-0.15, -0.1) is 0 Å². The van der Waals surface area contributed by atoms with Crippen LogP contribution >= 0.6 is 11.6 Å². The maximum Gasteiger partial charge on any atom is 0.255 e. The lowest BCUT2D eigenvalue weighted by Gasteiger charge is -2.43. The number of carbonyl (C=O) groups is 1. The van der Waals surface area contributed by atoms with E-state index in [9.17, 15) is 4.79 Å². The second kappa shape index (κ2) is 7.16. The molecule has 0 radical (unpaired) electrons. The van der Waals surface area contributed by atoms with Crippen LogP contribution in [0.1, 0.15) is 37.0 Å². The van der Waals surface area contributed by atoms with Gasteiger partial charge in [-0.1, -0.05) is 11.6 Å². The van der Waals surface area contributed by atoms with Crippen LogP contribution in [-0.4, -0.2) is 65.1 Å². The molecule has 2 fully saturated rings. The van der Waals surface area contributed by atoms with Gasteiger partial charge in [-0.2, -0.15) is 0 Å². The first-order chi connectivity index (χ1) is 11.0. The number of morpholine rings is 1. The summed E-state index contributed by atoms with van der Waals surface area (Å²) >= 11 is 5.93. The summed E-state index contributed by atoms with van der Waals surface area (Å²) < 4.78 is 5.81. The number of halogens is 1. The Morgan fingerprint density at radius 2 is 1.87 bits per heavy atom. The second-order valence-corrected chi connectivity index (χ2v) is 7.06. The van der Waals surface area contributed by atoms with Crippen LogP contribution in [0.5, 0.6) is 0 Å². The number of amides is 1. The van der Waals surface area contributed by atoms with E-state index in [2.05, 4.69) is 23.7 Å². The molecule has 1 aromatic rings. The van der Waals surface area contributed by atoms with Crippen LogP contribution in [0.15, 0.2) is 18.5 Å². The fraction of sp³-hybridized carbons (Fsp3) is 0.647. The molecule has 1 aromatic heterocycles. The van der Waals surface area contributed by atoms with Crippen molar-refractivity contribution >= 4 is 17.5 Å². The number of pyridine rings is 1. The summed E-state index contributed by atoms with van der Waals surface area (Å²) in [5.41, 5.74) is 0.574. The minimum atomic E-state index is 0.0298. The van der Waals surface area contributed by atoms with Gasteiger partial charge in [0.1, 0.15) is 0 Å². The first kappa shape index (κ1) is 16.7. The third kappa shape index (κ3) is 4.03. The highest BCUT2D eigenvalue weighted by molar-refractivity contribution is 6.30. The lowest BCUT2D eigenvalue weighted by molar-refractivity contribution is -0.0856. The maximum absolute atomic E-state index is 12.5. The van der Waals surface area contributed by atoms with Crippen molar-refractivity contribution in [2.75, 3.05) is 26.2 Å². The maximum atomic E-state index is 12.5. The molecule has 0 saturated carbocycles. The van der Waals surface area contributed by atoms with Crippen molar-refractivity contribution in [2.24, 2.45) is 0 Å². The number of hydrogen-bond donors (Lipinski definition) is 0. The molecule has 0 spiro atoms. The normalized spacial score (nSPS) is 27.2. The Morgan fingerprint density at radius 1 is 1.22 bits per heavy atom. The first-order valence-corrected chi connectivity index (χ1v) is 8.70. The van der Waals surface area contributed by atoms with E-state index in [1.165, 1.54) is 0 Å². The van der Waals surface area contributed by atoms with E-state index >= 15 is 0 Å². The van der Waals surface area contributed by atoms with Gasteiger partial charge in [0.15, 0.2) is 0 Å². The van der Waals surface area contributed by atoms with Crippen LogP contribution in [0, 0.1) is 0 Å². The number of carbonyl (C=O) groups excluding carboxylic acids is 1.